The van der Waals surface area contributed by atoms with Crippen molar-refractivity contribution in [3.8, 4) is 0 Å². The standard InChI is InChI=1S/C12H16N2O5S/c15-12(9-5-6-9)7-13-20(18,19)8-10-3-1-2-4-11(10)14(16)17/h1-4,9,12-13,15H,5-8H2. The minimum atomic E-state index is -3.71. The molecular formula is C12H16N2O5S. The summed E-state index contributed by atoms with van der Waals surface area (Å²) >= 11 is 0. The number of benzene rings is 1. The van der Waals surface area contributed by atoms with E-state index in [9.17, 15) is 23.6 Å². The summed E-state index contributed by atoms with van der Waals surface area (Å²) in [6.07, 6.45) is 1.13. The van der Waals surface area contributed by atoms with Gasteiger partial charge in [-0.05, 0) is 18.8 Å². The van der Waals surface area contributed by atoms with E-state index < -0.39 is 26.8 Å². The van der Waals surface area contributed by atoms with Crippen LogP contribution in [0.1, 0.15) is 18.4 Å². The predicted octanol–water partition coefficient (Wildman–Crippen LogP) is 0.785. The van der Waals surface area contributed by atoms with Crippen molar-refractivity contribution in [2.75, 3.05) is 6.54 Å². The maximum absolute atomic E-state index is 11.9. The fourth-order valence-corrected chi connectivity index (χ4v) is 3.11. The molecule has 2 rings (SSSR count). The number of aliphatic hydroxyl groups excluding tert-OH is 1. The molecule has 0 aromatic heterocycles. The Hall–Kier alpha value is -1.51. The number of hydrogen-bond donors (Lipinski definition) is 2. The van der Waals surface area contributed by atoms with Gasteiger partial charge in [-0.25, -0.2) is 13.1 Å². The Morgan fingerprint density at radius 2 is 2.05 bits per heavy atom. The number of rotatable bonds is 7. The molecule has 1 aliphatic rings. The van der Waals surface area contributed by atoms with Gasteiger partial charge in [0.15, 0.2) is 0 Å². The monoisotopic (exact) mass is 300 g/mol. The summed E-state index contributed by atoms with van der Waals surface area (Å²) in [4.78, 5) is 10.2. The number of hydrogen-bond acceptors (Lipinski definition) is 5. The number of aliphatic hydroxyl groups is 1. The number of nitro groups is 1. The van der Waals surface area contributed by atoms with Gasteiger partial charge >= 0.3 is 0 Å². The van der Waals surface area contributed by atoms with Crippen molar-refractivity contribution in [3.63, 3.8) is 0 Å². The van der Waals surface area contributed by atoms with Crippen LogP contribution in [-0.2, 0) is 15.8 Å². The third-order valence-corrected chi connectivity index (χ3v) is 4.51. The van der Waals surface area contributed by atoms with E-state index in [0.717, 1.165) is 12.8 Å². The zero-order chi connectivity index (χ0) is 14.8. The normalized spacial score (nSPS) is 16.9. The van der Waals surface area contributed by atoms with Crippen LogP contribution < -0.4 is 4.72 Å². The molecule has 110 valence electrons. The molecule has 0 saturated heterocycles. The van der Waals surface area contributed by atoms with E-state index in [2.05, 4.69) is 4.72 Å². The summed E-state index contributed by atoms with van der Waals surface area (Å²) in [5, 5.41) is 20.4. The van der Waals surface area contributed by atoms with Crippen LogP contribution in [0.3, 0.4) is 0 Å². The summed E-state index contributed by atoms with van der Waals surface area (Å²) < 4.78 is 26.0. The average molecular weight is 300 g/mol. The van der Waals surface area contributed by atoms with Crippen molar-refractivity contribution in [2.45, 2.75) is 24.7 Å². The summed E-state index contributed by atoms with van der Waals surface area (Å²) in [5.74, 6) is -0.301. The molecule has 1 aromatic rings. The van der Waals surface area contributed by atoms with Crippen molar-refractivity contribution in [1.82, 2.24) is 4.72 Å². The molecular weight excluding hydrogens is 284 g/mol. The van der Waals surface area contributed by atoms with Crippen molar-refractivity contribution >= 4 is 15.7 Å². The highest BCUT2D eigenvalue weighted by Gasteiger charge is 2.30. The first kappa shape index (κ1) is 14.9. The van der Waals surface area contributed by atoms with Gasteiger partial charge in [0.2, 0.25) is 10.0 Å². The molecule has 1 aliphatic carbocycles. The van der Waals surface area contributed by atoms with Gasteiger partial charge < -0.3 is 5.11 Å². The SMILES string of the molecule is O=[N+]([O-])c1ccccc1CS(=O)(=O)NCC(O)C1CC1. The van der Waals surface area contributed by atoms with Crippen LogP contribution in [0.2, 0.25) is 0 Å². The molecule has 0 bridgehead atoms. The predicted molar refractivity (Wildman–Crippen MR) is 72.5 cm³/mol. The van der Waals surface area contributed by atoms with E-state index >= 15 is 0 Å². The summed E-state index contributed by atoms with van der Waals surface area (Å²) in [5.41, 5.74) is -0.0912. The van der Waals surface area contributed by atoms with Crippen LogP contribution in [0.25, 0.3) is 0 Å². The molecule has 8 heteroatoms. The lowest BCUT2D eigenvalue weighted by atomic mass is 10.2. The quantitative estimate of drug-likeness (QED) is 0.571. The highest BCUT2D eigenvalue weighted by molar-refractivity contribution is 7.88. The number of nitrogens with zero attached hydrogens (tertiary/aromatic N) is 1. The molecule has 1 unspecified atom stereocenters. The van der Waals surface area contributed by atoms with E-state index in [1.54, 1.807) is 6.07 Å². The van der Waals surface area contributed by atoms with Crippen LogP contribution in [0.5, 0.6) is 0 Å². The first-order chi connectivity index (χ1) is 9.39. The van der Waals surface area contributed by atoms with Gasteiger partial charge in [-0.2, -0.15) is 0 Å². The third-order valence-electron chi connectivity index (χ3n) is 3.21. The topological polar surface area (TPSA) is 110 Å². The van der Waals surface area contributed by atoms with Crippen LogP contribution in [0.4, 0.5) is 5.69 Å². The second-order valence-corrected chi connectivity index (χ2v) is 6.70. The molecule has 0 radical (unpaired) electrons. The van der Waals surface area contributed by atoms with E-state index in [4.69, 9.17) is 0 Å². The Balaban J connectivity index is 2.02. The Morgan fingerprint density at radius 1 is 1.40 bits per heavy atom. The molecule has 0 spiro atoms. The fraction of sp³-hybridized carbons (Fsp3) is 0.500. The third kappa shape index (κ3) is 3.99. The molecule has 1 fully saturated rings. The van der Waals surface area contributed by atoms with E-state index in [1.165, 1.54) is 18.2 Å². The Kier molecular flexibility index (Phi) is 4.36. The van der Waals surface area contributed by atoms with Crippen molar-refractivity contribution in [3.05, 3.63) is 39.9 Å². The summed E-state index contributed by atoms with van der Waals surface area (Å²) in [6, 6.07) is 5.72. The van der Waals surface area contributed by atoms with Gasteiger partial charge in [0.25, 0.3) is 5.69 Å². The van der Waals surface area contributed by atoms with Gasteiger partial charge in [0.05, 0.1) is 16.8 Å². The zero-order valence-electron chi connectivity index (χ0n) is 10.7. The van der Waals surface area contributed by atoms with E-state index in [-0.39, 0.29) is 23.7 Å². The Labute approximate surface area is 116 Å². The molecule has 2 N–H and O–H groups in total. The van der Waals surface area contributed by atoms with Gasteiger partial charge in [-0.15, -0.1) is 0 Å². The second-order valence-electron chi connectivity index (χ2n) is 4.90. The second kappa shape index (κ2) is 5.86. The highest BCUT2D eigenvalue weighted by Crippen LogP contribution is 2.32. The minimum absolute atomic E-state index is 0.0480. The van der Waals surface area contributed by atoms with Gasteiger partial charge in [0, 0.05) is 18.2 Å². The minimum Gasteiger partial charge on any atom is -0.391 e. The highest BCUT2D eigenvalue weighted by atomic mass is 32.2. The Bertz CT molecular complexity index is 598. The molecule has 0 heterocycles. The number of nitrogens with one attached hydrogen (secondary N) is 1. The van der Waals surface area contributed by atoms with Crippen LogP contribution in [0.15, 0.2) is 24.3 Å². The van der Waals surface area contributed by atoms with E-state index in [0.29, 0.717) is 0 Å². The number of para-hydroxylation sites is 1. The van der Waals surface area contributed by atoms with E-state index in [1.807, 2.05) is 0 Å². The lowest BCUT2D eigenvalue weighted by molar-refractivity contribution is -0.385. The average Bonchev–Trinajstić information content (AvgIpc) is 3.20. The van der Waals surface area contributed by atoms with Crippen LogP contribution in [-0.4, -0.2) is 31.1 Å². The maximum atomic E-state index is 11.9. The smallest absolute Gasteiger partial charge is 0.273 e. The van der Waals surface area contributed by atoms with Crippen LogP contribution >= 0.6 is 0 Å². The molecule has 20 heavy (non-hydrogen) atoms. The summed E-state index contributed by atoms with van der Waals surface area (Å²) in [6.45, 7) is -0.0480. The Morgan fingerprint density at radius 3 is 2.65 bits per heavy atom. The molecule has 0 aliphatic heterocycles. The largest absolute Gasteiger partial charge is 0.391 e. The van der Waals surface area contributed by atoms with Crippen LogP contribution in [0, 0.1) is 16.0 Å². The van der Waals surface area contributed by atoms with Gasteiger partial charge in [-0.3, -0.25) is 10.1 Å². The van der Waals surface area contributed by atoms with Gasteiger partial charge in [-0.1, -0.05) is 18.2 Å². The number of sulfonamides is 1. The molecule has 1 aromatic carbocycles. The molecule has 0 amide bonds. The summed E-state index contributed by atoms with van der Waals surface area (Å²) in [7, 11) is -3.71. The van der Waals surface area contributed by atoms with Crippen molar-refractivity contribution in [1.29, 1.82) is 0 Å². The lowest BCUT2D eigenvalue weighted by Gasteiger charge is -2.11. The lowest BCUT2D eigenvalue weighted by Crippen LogP contribution is -2.34. The molecule has 7 nitrogen and oxygen atoms in total. The first-order valence-electron chi connectivity index (χ1n) is 6.27. The van der Waals surface area contributed by atoms with Gasteiger partial charge in [0.1, 0.15) is 0 Å². The first-order valence-corrected chi connectivity index (χ1v) is 7.92. The number of nitro benzene ring substituents is 1. The fourth-order valence-electron chi connectivity index (χ4n) is 1.93. The zero-order valence-corrected chi connectivity index (χ0v) is 11.5. The van der Waals surface area contributed by atoms with Crippen molar-refractivity contribution in [2.24, 2.45) is 5.92 Å². The molecule has 1 saturated carbocycles. The molecule has 1 atom stereocenters. The maximum Gasteiger partial charge on any atom is 0.273 e. The van der Waals surface area contributed by atoms with Crippen molar-refractivity contribution < 1.29 is 18.4 Å².